The molecule has 0 amide bonds. The van der Waals surface area contributed by atoms with E-state index in [0.717, 1.165) is 5.57 Å². The van der Waals surface area contributed by atoms with Crippen molar-refractivity contribution in [1.29, 1.82) is 0 Å². The summed E-state index contributed by atoms with van der Waals surface area (Å²) >= 11 is 0. The lowest BCUT2D eigenvalue weighted by atomic mass is 9.83. The molecule has 0 bridgehead atoms. The number of ether oxygens (including phenoxy) is 1. The van der Waals surface area contributed by atoms with Crippen LogP contribution in [0.2, 0.25) is 0 Å². The Labute approximate surface area is 133 Å². The number of hydrogen-bond donors (Lipinski definition) is 1. The molecule has 2 aliphatic rings. The van der Waals surface area contributed by atoms with Crippen molar-refractivity contribution in [2.75, 3.05) is 6.54 Å². The number of aliphatic imine (C=N–C) groups is 1. The molecule has 1 aromatic rings. The molecule has 6 nitrogen and oxygen atoms in total. The number of fused-ring (bicyclic) bond motifs is 2. The van der Waals surface area contributed by atoms with E-state index in [1.165, 1.54) is 6.92 Å². The number of aliphatic hydroxyl groups is 1. The molecule has 1 atom stereocenters. The summed E-state index contributed by atoms with van der Waals surface area (Å²) in [5.74, 6) is -0.812. The van der Waals surface area contributed by atoms with Crippen LogP contribution < -0.4 is 5.56 Å². The average molecular weight is 314 g/mol. The van der Waals surface area contributed by atoms with E-state index in [1.54, 1.807) is 10.6 Å². The van der Waals surface area contributed by atoms with Gasteiger partial charge in [0.1, 0.15) is 6.61 Å². The van der Waals surface area contributed by atoms with Gasteiger partial charge in [0.2, 0.25) is 5.60 Å². The quantitative estimate of drug-likeness (QED) is 0.653. The second-order valence-electron chi connectivity index (χ2n) is 5.81. The molecule has 23 heavy (non-hydrogen) atoms. The minimum atomic E-state index is -2.01. The Hall–Kier alpha value is -2.47. The number of cyclic esters (lactones) is 1. The van der Waals surface area contributed by atoms with Crippen LogP contribution >= 0.6 is 0 Å². The number of carbonyl (C=O) groups excluding carboxylic acids is 1. The monoisotopic (exact) mass is 314 g/mol. The molecule has 0 radical (unpaired) electrons. The Morgan fingerprint density at radius 2 is 2.22 bits per heavy atom. The topological polar surface area (TPSA) is 80.9 Å². The first-order valence-corrected chi connectivity index (χ1v) is 7.38. The molecule has 0 saturated heterocycles. The number of carbonyl (C=O) groups is 1. The largest absolute Gasteiger partial charge is 0.458 e. The van der Waals surface area contributed by atoms with Gasteiger partial charge in [-0.15, -0.1) is 0 Å². The van der Waals surface area contributed by atoms with Crippen molar-refractivity contribution in [3.8, 4) is 0 Å². The van der Waals surface area contributed by atoms with Gasteiger partial charge in [0.25, 0.3) is 5.56 Å². The molecule has 0 spiro atoms. The summed E-state index contributed by atoms with van der Waals surface area (Å²) in [6, 6.07) is 1.64. The van der Waals surface area contributed by atoms with Crippen molar-refractivity contribution in [1.82, 2.24) is 4.57 Å². The Bertz CT molecular complexity index is 847. The number of pyridine rings is 1. The highest BCUT2D eigenvalue weighted by Crippen LogP contribution is 2.36. The molecular formula is C17H18N2O4. The van der Waals surface area contributed by atoms with Crippen LogP contribution in [0, 0.1) is 0 Å². The number of nitrogens with zero attached hydrogens (tertiary/aromatic N) is 2. The van der Waals surface area contributed by atoms with E-state index in [2.05, 4.69) is 18.2 Å². The van der Waals surface area contributed by atoms with Gasteiger partial charge in [-0.25, -0.2) is 4.79 Å². The molecule has 6 heteroatoms. The molecule has 2 aliphatic heterocycles. The first-order chi connectivity index (χ1) is 10.8. The lowest BCUT2D eigenvalue weighted by molar-refractivity contribution is -0.167. The number of aromatic nitrogens is 1. The summed E-state index contributed by atoms with van der Waals surface area (Å²) in [7, 11) is 0. The summed E-state index contributed by atoms with van der Waals surface area (Å²) in [5.41, 5.74) is 0.331. The molecule has 0 aliphatic carbocycles. The summed E-state index contributed by atoms with van der Waals surface area (Å²) < 4.78 is 6.56. The second-order valence-corrected chi connectivity index (χ2v) is 5.81. The maximum atomic E-state index is 12.8. The third kappa shape index (κ3) is 1.95. The van der Waals surface area contributed by atoms with Crippen molar-refractivity contribution >= 4 is 11.7 Å². The fourth-order valence-corrected chi connectivity index (χ4v) is 3.06. The third-order valence-corrected chi connectivity index (χ3v) is 4.29. The van der Waals surface area contributed by atoms with E-state index < -0.39 is 11.6 Å². The van der Waals surface area contributed by atoms with E-state index in [4.69, 9.17) is 4.74 Å². The highest BCUT2D eigenvalue weighted by molar-refractivity contribution is 6.13. The highest BCUT2D eigenvalue weighted by atomic mass is 16.6. The van der Waals surface area contributed by atoms with Gasteiger partial charge in [-0.2, -0.15) is 0 Å². The molecule has 1 N–H and O–H groups in total. The number of allylic oxidation sites excluding steroid dienone is 1. The van der Waals surface area contributed by atoms with Crippen LogP contribution in [0.15, 0.2) is 40.2 Å². The Balaban J connectivity index is 2.35. The van der Waals surface area contributed by atoms with Gasteiger partial charge < -0.3 is 14.4 Å². The standard InChI is InChI=1S/C17H18N2O4/c1-5-18-14-10(4)7-19-13(14)6-12-11(15(19)20)8-23-16(21)17(12,22)9(2)3/h6,22H,2,4-5,7-8H2,1,3H3/t17-/m0/s1. The van der Waals surface area contributed by atoms with Crippen LogP contribution in [0.1, 0.15) is 30.7 Å². The molecule has 0 aromatic carbocycles. The van der Waals surface area contributed by atoms with Crippen molar-refractivity contribution in [3.05, 3.63) is 57.5 Å². The summed E-state index contributed by atoms with van der Waals surface area (Å²) in [6.07, 6.45) is 0. The lowest BCUT2D eigenvalue weighted by Gasteiger charge is -2.32. The SMILES string of the molecule is C=C1Cn2c(cc3c(c2=O)COC(=O)[C@]3(O)C(=C)C)C1=NCC. The zero-order valence-electron chi connectivity index (χ0n) is 13.2. The van der Waals surface area contributed by atoms with E-state index in [1.807, 2.05) is 6.92 Å². The van der Waals surface area contributed by atoms with Crippen molar-refractivity contribution in [2.45, 2.75) is 32.6 Å². The van der Waals surface area contributed by atoms with E-state index in [9.17, 15) is 14.7 Å². The van der Waals surface area contributed by atoms with Crippen molar-refractivity contribution in [2.24, 2.45) is 4.99 Å². The molecule has 3 rings (SSSR count). The minimum absolute atomic E-state index is 0.157. The molecule has 0 unspecified atom stereocenters. The Morgan fingerprint density at radius 1 is 1.52 bits per heavy atom. The fraction of sp³-hybridized carbons (Fsp3) is 0.353. The van der Waals surface area contributed by atoms with Gasteiger partial charge in [0.05, 0.1) is 23.5 Å². The zero-order chi connectivity index (χ0) is 16.9. The minimum Gasteiger partial charge on any atom is -0.458 e. The normalized spacial score (nSPS) is 24.4. The molecule has 3 heterocycles. The molecular weight excluding hydrogens is 296 g/mol. The molecule has 1 aromatic heterocycles. The number of esters is 1. The molecule has 0 saturated carbocycles. The lowest BCUT2D eigenvalue weighted by Crippen LogP contribution is -2.45. The molecule has 120 valence electrons. The Morgan fingerprint density at radius 3 is 2.83 bits per heavy atom. The zero-order valence-corrected chi connectivity index (χ0v) is 13.2. The van der Waals surface area contributed by atoms with Gasteiger partial charge in [-0.3, -0.25) is 9.79 Å². The van der Waals surface area contributed by atoms with Crippen LogP contribution in [-0.2, 0) is 28.3 Å². The maximum Gasteiger partial charge on any atom is 0.347 e. The smallest absolute Gasteiger partial charge is 0.347 e. The maximum absolute atomic E-state index is 12.8. The van der Waals surface area contributed by atoms with Gasteiger partial charge in [0, 0.05) is 12.1 Å². The van der Waals surface area contributed by atoms with Crippen LogP contribution in [-0.4, -0.2) is 27.9 Å². The van der Waals surface area contributed by atoms with Crippen LogP contribution in [0.3, 0.4) is 0 Å². The highest BCUT2D eigenvalue weighted by Gasteiger charge is 2.47. The van der Waals surface area contributed by atoms with E-state index >= 15 is 0 Å². The van der Waals surface area contributed by atoms with E-state index in [0.29, 0.717) is 24.5 Å². The predicted octanol–water partition coefficient (Wildman–Crippen LogP) is 1.05. The fourth-order valence-electron chi connectivity index (χ4n) is 3.06. The average Bonchev–Trinajstić information content (AvgIpc) is 2.81. The molecule has 0 fully saturated rings. The second kappa shape index (κ2) is 5.03. The van der Waals surface area contributed by atoms with Gasteiger partial charge >= 0.3 is 5.97 Å². The summed E-state index contributed by atoms with van der Waals surface area (Å²) in [5, 5.41) is 10.8. The van der Waals surface area contributed by atoms with Crippen LogP contribution in [0.5, 0.6) is 0 Å². The first-order valence-electron chi connectivity index (χ1n) is 7.38. The summed E-state index contributed by atoms with van der Waals surface area (Å²) in [6.45, 7) is 11.8. The first kappa shape index (κ1) is 15.4. The number of rotatable bonds is 2. The van der Waals surface area contributed by atoms with Crippen LogP contribution in [0.4, 0.5) is 0 Å². The predicted molar refractivity (Wildman–Crippen MR) is 85.4 cm³/mol. The van der Waals surface area contributed by atoms with Crippen molar-refractivity contribution in [3.63, 3.8) is 0 Å². The van der Waals surface area contributed by atoms with Gasteiger partial charge in [0.15, 0.2) is 0 Å². The van der Waals surface area contributed by atoms with Crippen LogP contribution in [0.25, 0.3) is 0 Å². The van der Waals surface area contributed by atoms with Crippen molar-refractivity contribution < 1.29 is 14.6 Å². The van der Waals surface area contributed by atoms with E-state index in [-0.39, 0.29) is 28.9 Å². The Kier molecular flexibility index (Phi) is 3.37. The van der Waals surface area contributed by atoms with Gasteiger partial charge in [-0.05, 0) is 31.1 Å². The number of hydrogen-bond acceptors (Lipinski definition) is 5. The third-order valence-electron chi connectivity index (χ3n) is 4.29. The summed E-state index contributed by atoms with van der Waals surface area (Å²) in [4.78, 5) is 29.3. The van der Waals surface area contributed by atoms with Gasteiger partial charge in [-0.1, -0.05) is 13.2 Å².